The standard InChI is InChI=1S/C19H31N3O3.HI/c1-6-8-14-11-15(14)22-19(20-7-2)21-12-13-9-16(23-3)18(25-5)17(10-13)24-4;/h9-10,14-15H,6-8,11-12H2,1-5H3,(H2,20,21,22);1H. The molecule has 7 heteroatoms. The van der Waals surface area contributed by atoms with Crippen molar-refractivity contribution >= 4 is 29.9 Å². The van der Waals surface area contributed by atoms with Crippen LogP contribution in [0.15, 0.2) is 17.1 Å². The van der Waals surface area contributed by atoms with E-state index in [1.54, 1.807) is 21.3 Å². The highest BCUT2D eigenvalue weighted by molar-refractivity contribution is 14.0. The summed E-state index contributed by atoms with van der Waals surface area (Å²) in [5.74, 6) is 3.54. The summed E-state index contributed by atoms with van der Waals surface area (Å²) in [6, 6.07) is 4.43. The van der Waals surface area contributed by atoms with Gasteiger partial charge in [0.15, 0.2) is 17.5 Å². The zero-order valence-corrected chi connectivity index (χ0v) is 18.8. The molecule has 1 aromatic rings. The first-order chi connectivity index (χ1) is 12.2. The Bertz CT molecular complexity index is 570. The molecule has 148 valence electrons. The number of hydrogen-bond donors (Lipinski definition) is 2. The lowest BCUT2D eigenvalue weighted by Gasteiger charge is -2.14. The molecule has 26 heavy (non-hydrogen) atoms. The number of hydrogen-bond acceptors (Lipinski definition) is 4. The maximum atomic E-state index is 5.40. The lowest BCUT2D eigenvalue weighted by molar-refractivity contribution is 0.324. The van der Waals surface area contributed by atoms with Crippen LogP contribution in [0, 0.1) is 5.92 Å². The molecule has 0 heterocycles. The topological polar surface area (TPSA) is 64.1 Å². The van der Waals surface area contributed by atoms with Gasteiger partial charge in [-0.05, 0) is 43.4 Å². The number of nitrogens with zero attached hydrogens (tertiary/aromatic N) is 1. The van der Waals surface area contributed by atoms with E-state index in [0.717, 1.165) is 24.0 Å². The Morgan fingerprint density at radius 2 is 1.77 bits per heavy atom. The predicted molar refractivity (Wildman–Crippen MR) is 116 cm³/mol. The second-order valence-electron chi connectivity index (χ2n) is 6.26. The first-order valence-corrected chi connectivity index (χ1v) is 9.00. The summed E-state index contributed by atoms with van der Waals surface area (Å²) in [5, 5.41) is 6.85. The van der Waals surface area contributed by atoms with Crippen molar-refractivity contribution in [2.24, 2.45) is 10.9 Å². The summed E-state index contributed by atoms with van der Waals surface area (Å²) in [6.07, 6.45) is 3.76. The number of guanidine groups is 1. The molecule has 1 aliphatic rings. The Labute approximate surface area is 174 Å². The highest BCUT2D eigenvalue weighted by Crippen LogP contribution is 2.38. The summed E-state index contributed by atoms with van der Waals surface area (Å²) < 4.78 is 16.2. The summed E-state index contributed by atoms with van der Waals surface area (Å²) in [5.41, 5.74) is 1.01. The van der Waals surface area contributed by atoms with E-state index in [4.69, 9.17) is 19.2 Å². The molecule has 1 fully saturated rings. The van der Waals surface area contributed by atoms with Gasteiger partial charge in [-0.3, -0.25) is 0 Å². The summed E-state index contributed by atoms with van der Waals surface area (Å²) in [7, 11) is 4.85. The van der Waals surface area contributed by atoms with Crippen LogP contribution in [0.3, 0.4) is 0 Å². The number of rotatable bonds is 9. The van der Waals surface area contributed by atoms with Gasteiger partial charge in [-0.1, -0.05) is 13.3 Å². The largest absolute Gasteiger partial charge is 0.493 e. The van der Waals surface area contributed by atoms with Gasteiger partial charge in [-0.2, -0.15) is 0 Å². The van der Waals surface area contributed by atoms with E-state index in [1.165, 1.54) is 19.3 Å². The third-order valence-corrected chi connectivity index (χ3v) is 4.39. The fraction of sp³-hybridized carbons (Fsp3) is 0.632. The van der Waals surface area contributed by atoms with E-state index in [9.17, 15) is 0 Å². The van der Waals surface area contributed by atoms with E-state index < -0.39 is 0 Å². The summed E-state index contributed by atoms with van der Waals surface area (Å²) in [6.45, 7) is 5.69. The van der Waals surface area contributed by atoms with Crippen LogP contribution in [0.2, 0.25) is 0 Å². The van der Waals surface area contributed by atoms with Crippen LogP contribution in [0.25, 0.3) is 0 Å². The van der Waals surface area contributed by atoms with E-state index in [2.05, 4.69) is 24.5 Å². The molecule has 2 unspecified atom stereocenters. The van der Waals surface area contributed by atoms with Crippen molar-refractivity contribution in [3.05, 3.63) is 17.7 Å². The molecule has 2 atom stereocenters. The fourth-order valence-electron chi connectivity index (χ4n) is 3.01. The average molecular weight is 477 g/mol. The van der Waals surface area contributed by atoms with E-state index >= 15 is 0 Å². The molecule has 2 rings (SSSR count). The number of halogens is 1. The Hall–Kier alpha value is -1.38. The number of aliphatic imine (C=N–C) groups is 1. The molecule has 0 radical (unpaired) electrons. The van der Waals surface area contributed by atoms with Crippen LogP contribution >= 0.6 is 24.0 Å². The smallest absolute Gasteiger partial charge is 0.203 e. The van der Waals surface area contributed by atoms with Crippen LogP contribution in [0.4, 0.5) is 0 Å². The number of ether oxygens (including phenoxy) is 3. The molecular formula is C19H32IN3O3. The highest BCUT2D eigenvalue weighted by Gasteiger charge is 2.36. The third kappa shape index (κ3) is 6.10. The summed E-state index contributed by atoms with van der Waals surface area (Å²) in [4.78, 5) is 4.71. The lowest BCUT2D eigenvalue weighted by Crippen LogP contribution is -2.39. The molecule has 0 aromatic heterocycles. The average Bonchev–Trinajstić information content (AvgIpc) is 3.36. The maximum Gasteiger partial charge on any atom is 0.203 e. The van der Waals surface area contributed by atoms with Crippen LogP contribution in [-0.4, -0.2) is 39.9 Å². The number of benzene rings is 1. The first kappa shape index (κ1) is 22.7. The molecule has 6 nitrogen and oxygen atoms in total. The van der Waals surface area contributed by atoms with Crippen molar-refractivity contribution < 1.29 is 14.2 Å². The first-order valence-electron chi connectivity index (χ1n) is 9.00. The van der Waals surface area contributed by atoms with Crippen molar-refractivity contribution in [3.8, 4) is 17.2 Å². The van der Waals surface area contributed by atoms with Crippen LogP contribution in [-0.2, 0) is 6.54 Å². The summed E-state index contributed by atoms with van der Waals surface area (Å²) >= 11 is 0. The fourth-order valence-corrected chi connectivity index (χ4v) is 3.01. The molecule has 0 amide bonds. The quantitative estimate of drug-likeness (QED) is 0.324. The molecule has 0 aliphatic heterocycles. The van der Waals surface area contributed by atoms with Crippen molar-refractivity contribution in [2.75, 3.05) is 27.9 Å². The van der Waals surface area contributed by atoms with Gasteiger partial charge in [0.2, 0.25) is 5.75 Å². The van der Waals surface area contributed by atoms with Gasteiger partial charge in [-0.25, -0.2) is 4.99 Å². The number of nitrogens with one attached hydrogen (secondary N) is 2. The molecule has 1 saturated carbocycles. The van der Waals surface area contributed by atoms with E-state index in [0.29, 0.717) is 29.8 Å². The molecule has 0 saturated heterocycles. The Balaban J connectivity index is 0.00000338. The second kappa shape index (κ2) is 11.4. The minimum atomic E-state index is 0. The van der Waals surface area contributed by atoms with Crippen LogP contribution < -0.4 is 24.8 Å². The van der Waals surface area contributed by atoms with Gasteiger partial charge >= 0.3 is 0 Å². The predicted octanol–water partition coefficient (Wildman–Crippen LogP) is 3.57. The minimum Gasteiger partial charge on any atom is -0.493 e. The molecule has 1 aliphatic carbocycles. The van der Waals surface area contributed by atoms with Crippen molar-refractivity contribution in [1.29, 1.82) is 0 Å². The van der Waals surface area contributed by atoms with Gasteiger partial charge in [0, 0.05) is 12.6 Å². The lowest BCUT2D eigenvalue weighted by atomic mass is 10.2. The molecule has 1 aromatic carbocycles. The van der Waals surface area contributed by atoms with Gasteiger partial charge in [0.05, 0.1) is 27.9 Å². The number of methoxy groups -OCH3 is 3. The normalized spacial score (nSPS) is 18.6. The van der Waals surface area contributed by atoms with Gasteiger partial charge in [-0.15, -0.1) is 24.0 Å². The zero-order chi connectivity index (χ0) is 18.2. The van der Waals surface area contributed by atoms with Crippen molar-refractivity contribution in [2.45, 2.75) is 45.7 Å². The molecular weight excluding hydrogens is 445 g/mol. The highest BCUT2D eigenvalue weighted by atomic mass is 127. The van der Waals surface area contributed by atoms with E-state index in [1.807, 2.05) is 12.1 Å². The molecule has 0 spiro atoms. The monoisotopic (exact) mass is 477 g/mol. The Morgan fingerprint density at radius 3 is 2.27 bits per heavy atom. The van der Waals surface area contributed by atoms with Gasteiger partial charge in [0.25, 0.3) is 0 Å². The SMILES string of the molecule is CCCC1CC1NC(=NCc1cc(OC)c(OC)c(OC)c1)NCC.I. The Morgan fingerprint density at radius 1 is 1.12 bits per heavy atom. The minimum absolute atomic E-state index is 0. The second-order valence-corrected chi connectivity index (χ2v) is 6.26. The molecule has 0 bridgehead atoms. The van der Waals surface area contributed by atoms with E-state index in [-0.39, 0.29) is 24.0 Å². The Kier molecular flexibility index (Phi) is 9.90. The zero-order valence-electron chi connectivity index (χ0n) is 16.4. The van der Waals surface area contributed by atoms with Crippen molar-refractivity contribution in [3.63, 3.8) is 0 Å². The van der Waals surface area contributed by atoms with Crippen LogP contribution in [0.1, 0.15) is 38.7 Å². The van der Waals surface area contributed by atoms with Crippen molar-refractivity contribution in [1.82, 2.24) is 10.6 Å². The maximum absolute atomic E-state index is 5.40. The molecule has 2 N–H and O–H groups in total. The van der Waals surface area contributed by atoms with Gasteiger partial charge < -0.3 is 24.8 Å². The van der Waals surface area contributed by atoms with Crippen LogP contribution in [0.5, 0.6) is 17.2 Å². The van der Waals surface area contributed by atoms with Gasteiger partial charge in [0.1, 0.15) is 0 Å². The third-order valence-electron chi connectivity index (χ3n) is 4.39.